The topological polar surface area (TPSA) is 87.7 Å². The number of rotatable bonds is 4. The van der Waals surface area contributed by atoms with Crippen molar-refractivity contribution >= 4 is 12.0 Å². The Bertz CT molecular complexity index is 293. The standard InChI is InChI=1S/C11H20N2O4/c1-6(2)9(10(14)15)13-11(16)12-8-4-5-17-7(8)3/h6-9H,4-5H2,1-3H3,(H,14,15)(H2,12,13,16). The molecule has 0 spiro atoms. The summed E-state index contributed by atoms with van der Waals surface area (Å²) in [6.45, 7) is 6.01. The van der Waals surface area contributed by atoms with E-state index in [9.17, 15) is 9.59 Å². The van der Waals surface area contributed by atoms with Crippen molar-refractivity contribution in [1.82, 2.24) is 10.6 Å². The van der Waals surface area contributed by atoms with E-state index in [4.69, 9.17) is 9.84 Å². The quantitative estimate of drug-likeness (QED) is 0.674. The predicted octanol–water partition coefficient (Wildman–Crippen LogP) is 0.572. The van der Waals surface area contributed by atoms with Crippen LogP contribution in [0.4, 0.5) is 4.79 Å². The van der Waals surface area contributed by atoms with Gasteiger partial charge in [-0.2, -0.15) is 0 Å². The van der Waals surface area contributed by atoms with Crippen LogP contribution >= 0.6 is 0 Å². The Kier molecular flexibility index (Phi) is 4.74. The predicted molar refractivity (Wildman–Crippen MR) is 61.7 cm³/mol. The third kappa shape index (κ3) is 3.89. The van der Waals surface area contributed by atoms with Gasteiger partial charge in [0.15, 0.2) is 0 Å². The van der Waals surface area contributed by atoms with Gasteiger partial charge in [-0.1, -0.05) is 13.8 Å². The Morgan fingerprint density at radius 2 is 2.06 bits per heavy atom. The summed E-state index contributed by atoms with van der Waals surface area (Å²) in [6, 6.07) is -1.36. The molecule has 3 N–H and O–H groups in total. The number of aliphatic carboxylic acids is 1. The summed E-state index contributed by atoms with van der Waals surface area (Å²) < 4.78 is 5.31. The number of urea groups is 1. The van der Waals surface area contributed by atoms with E-state index in [1.807, 2.05) is 6.92 Å². The van der Waals surface area contributed by atoms with Crippen molar-refractivity contribution in [3.8, 4) is 0 Å². The second-order valence-corrected chi connectivity index (χ2v) is 4.65. The van der Waals surface area contributed by atoms with E-state index in [-0.39, 0.29) is 18.1 Å². The van der Waals surface area contributed by atoms with Crippen molar-refractivity contribution in [1.29, 1.82) is 0 Å². The Labute approximate surface area is 101 Å². The van der Waals surface area contributed by atoms with Gasteiger partial charge in [0.1, 0.15) is 6.04 Å². The van der Waals surface area contributed by atoms with Gasteiger partial charge in [-0.3, -0.25) is 0 Å². The molecule has 1 rings (SSSR count). The first-order valence-corrected chi connectivity index (χ1v) is 5.83. The minimum atomic E-state index is -1.02. The highest BCUT2D eigenvalue weighted by Gasteiger charge is 2.28. The van der Waals surface area contributed by atoms with E-state index in [2.05, 4.69) is 10.6 Å². The molecule has 0 saturated carbocycles. The Morgan fingerprint density at radius 3 is 2.47 bits per heavy atom. The number of hydrogen-bond acceptors (Lipinski definition) is 3. The fourth-order valence-corrected chi connectivity index (χ4v) is 1.79. The highest BCUT2D eigenvalue weighted by Crippen LogP contribution is 2.12. The lowest BCUT2D eigenvalue weighted by molar-refractivity contribution is -0.140. The van der Waals surface area contributed by atoms with Gasteiger partial charge in [0.05, 0.1) is 12.1 Å². The molecule has 1 aliphatic heterocycles. The smallest absolute Gasteiger partial charge is 0.326 e. The molecule has 0 bridgehead atoms. The van der Waals surface area contributed by atoms with Crippen molar-refractivity contribution in [2.24, 2.45) is 5.92 Å². The highest BCUT2D eigenvalue weighted by atomic mass is 16.5. The molecule has 0 aliphatic carbocycles. The van der Waals surface area contributed by atoms with Gasteiger partial charge < -0.3 is 20.5 Å². The summed E-state index contributed by atoms with van der Waals surface area (Å²) in [5.74, 6) is -1.18. The maximum absolute atomic E-state index is 11.6. The van der Waals surface area contributed by atoms with Crippen LogP contribution in [0.1, 0.15) is 27.2 Å². The van der Waals surface area contributed by atoms with E-state index < -0.39 is 18.0 Å². The number of carbonyl (C=O) groups is 2. The SMILES string of the molecule is CC(C)C(NC(=O)NC1CCOC1C)C(=O)O. The lowest BCUT2D eigenvalue weighted by Gasteiger charge is -2.21. The molecule has 1 aliphatic rings. The molecule has 0 aromatic heterocycles. The summed E-state index contributed by atoms with van der Waals surface area (Å²) in [5.41, 5.74) is 0. The van der Waals surface area contributed by atoms with Crippen LogP contribution in [0.2, 0.25) is 0 Å². The van der Waals surface area contributed by atoms with Gasteiger partial charge in [-0.15, -0.1) is 0 Å². The van der Waals surface area contributed by atoms with E-state index in [0.29, 0.717) is 6.61 Å². The van der Waals surface area contributed by atoms with Crippen LogP contribution in [0.25, 0.3) is 0 Å². The number of amides is 2. The van der Waals surface area contributed by atoms with Crippen molar-refractivity contribution in [3.63, 3.8) is 0 Å². The van der Waals surface area contributed by atoms with Gasteiger partial charge in [0.2, 0.25) is 0 Å². The first kappa shape index (κ1) is 13.8. The summed E-state index contributed by atoms with van der Waals surface area (Å²) in [5, 5.41) is 14.1. The molecule has 2 amide bonds. The Balaban J connectivity index is 2.45. The minimum absolute atomic E-state index is 0.0249. The zero-order valence-electron chi connectivity index (χ0n) is 10.4. The highest BCUT2D eigenvalue weighted by molar-refractivity contribution is 5.82. The molecule has 6 nitrogen and oxygen atoms in total. The first-order valence-electron chi connectivity index (χ1n) is 5.83. The largest absolute Gasteiger partial charge is 0.480 e. The van der Waals surface area contributed by atoms with Gasteiger partial charge in [0.25, 0.3) is 0 Å². The van der Waals surface area contributed by atoms with Crippen LogP contribution in [0, 0.1) is 5.92 Å². The molecule has 0 radical (unpaired) electrons. The number of carboxylic acid groups (broad SMARTS) is 1. The summed E-state index contributed by atoms with van der Waals surface area (Å²) in [7, 11) is 0. The zero-order valence-corrected chi connectivity index (χ0v) is 10.4. The molecule has 1 saturated heterocycles. The fraction of sp³-hybridized carbons (Fsp3) is 0.818. The van der Waals surface area contributed by atoms with Crippen molar-refractivity contribution in [2.45, 2.75) is 45.4 Å². The van der Waals surface area contributed by atoms with Gasteiger partial charge in [-0.25, -0.2) is 9.59 Å². The van der Waals surface area contributed by atoms with E-state index in [0.717, 1.165) is 6.42 Å². The van der Waals surface area contributed by atoms with Crippen LogP contribution in [0.15, 0.2) is 0 Å². The van der Waals surface area contributed by atoms with Crippen LogP contribution in [0.5, 0.6) is 0 Å². The second kappa shape index (κ2) is 5.86. The number of hydrogen-bond donors (Lipinski definition) is 3. The maximum atomic E-state index is 11.6. The average molecular weight is 244 g/mol. The molecular weight excluding hydrogens is 224 g/mol. The summed E-state index contributed by atoms with van der Waals surface area (Å²) >= 11 is 0. The van der Waals surface area contributed by atoms with E-state index >= 15 is 0 Å². The maximum Gasteiger partial charge on any atom is 0.326 e. The number of carbonyl (C=O) groups excluding carboxylic acids is 1. The third-order valence-electron chi connectivity index (χ3n) is 2.91. The molecule has 17 heavy (non-hydrogen) atoms. The molecular formula is C11H20N2O4. The molecule has 3 unspecified atom stereocenters. The van der Waals surface area contributed by atoms with E-state index in [1.165, 1.54) is 0 Å². The molecule has 0 aromatic carbocycles. The van der Waals surface area contributed by atoms with Crippen LogP contribution in [-0.2, 0) is 9.53 Å². The van der Waals surface area contributed by atoms with Crippen LogP contribution in [-0.4, -0.2) is 41.9 Å². The first-order chi connectivity index (χ1) is 7.91. The third-order valence-corrected chi connectivity index (χ3v) is 2.91. The molecule has 3 atom stereocenters. The van der Waals surface area contributed by atoms with Crippen molar-refractivity contribution in [2.75, 3.05) is 6.61 Å². The molecule has 98 valence electrons. The second-order valence-electron chi connectivity index (χ2n) is 4.65. The summed E-state index contributed by atoms with van der Waals surface area (Å²) in [4.78, 5) is 22.5. The number of carboxylic acids is 1. The Hall–Kier alpha value is -1.30. The molecule has 0 aromatic rings. The average Bonchev–Trinajstić information content (AvgIpc) is 2.60. The molecule has 1 heterocycles. The van der Waals surface area contributed by atoms with Crippen molar-refractivity contribution in [3.05, 3.63) is 0 Å². The molecule has 1 fully saturated rings. The molecule has 6 heteroatoms. The van der Waals surface area contributed by atoms with Gasteiger partial charge in [0, 0.05) is 6.61 Å². The normalized spacial score (nSPS) is 25.6. The zero-order chi connectivity index (χ0) is 13.0. The van der Waals surface area contributed by atoms with Gasteiger partial charge in [-0.05, 0) is 19.3 Å². The van der Waals surface area contributed by atoms with Crippen LogP contribution < -0.4 is 10.6 Å². The fourth-order valence-electron chi connectivity index (χ4n) is 1.79. The minimum Gasteiger partial charge on any atom is -0.480 e. The van der Waals surface area contributed by atoms with Gasteiger partial charge >= 0.3 is 12.0 Å². The van der Waals surface area contributed by atoms with E-state index in [1.54, 1.807) is 13.8 Å². The summed E-state index contributed by atoms with van der Waals surface area (Å²) in [6.07, 6.45) is 0.733. The number of nitrogens with one attached hydrogen (secondary N) is 2. The van der Waals surface area contributed by atoms with Crippen LogP contribution in [0.3, 0.4) is 0 Å². The Morgan fingerprint density at radius 1 is 1.41 bits per heavy atom. The van der Waals surface area contributed by atoms with Crippen molar-refractivity contribution < 1.29 is 19.4 Å². The number of ether oxygens (including phenoxy) is 1. The monoisotopic (exact) mass is 244 g/mol. The lowest BCUT2D eigenvalue weighted by Crippen LogP contribution is -2.52. The lowest BCUT2D eigenvalue weighted by atomic mass is 10.1.